The van der Waals surface area contributed by atoms with E-state index in [1.54, 1.807) is 0 Å². The molecule has 0 aliphatic rings. The first-order valence-electron chi connectivity index (χ1n) is 7.24. The second-order valence-corrected chi connectivity index (χ2v) is 5.23. The third-order valence-electron chi connectivity index (χ3n) is 3.72. The second kappa shape index (κ2) is 5.83. The van der Waals surface area contributed by atoms with Gasteiger partial charge in [-0.1, -0.05) is 12.1 Å². The smallest absolute Gasteiger partial charge is 0.278 e. The van der Waals surface area contributed by atoms with Crippen LogP contribution in [0.1, 0.15) is 12.5 Å². The first-order chi connectivity index (χ1) is 11.7. The molecular formula is C16H11F4N3O2. The molecule has 2 heterocycles. The van der Waals surface area contributed by atoms with Gasteiger partial charge in [0.15, 0.2) is 5.65 Å². The van der Waals surface area contributed by atoms with Gasteiger partial charge in [0.05, 0.1) is 16.6 Å². The Morgan fingerprint density at radius 3 is 2.48 bits per heavy atom. The first kappa shape index (κ1) is 16.9. The lowest BCUT2D eigenvalue weighted by Crippen LogP contribution is -2.32. The zero-order chi connectivity index (χ0) is 18.4. The van der Waals surface area contributed by atoms with Gasteiger partial charge in [0.2, 0.25) is 0 Å². The topological polar surface area (TPSA) is 67.8 Å². The van der Waals surface area contributed by atoms with Crippen LogP contribution < -0.4 is 11.2 Å². The van der Waals surface area contributed by atoms with Crippen molar-refractivity contribution in [1.29, 1.82) is 0 Å². The number of halogens is 4. The van der Waals surface area contributed by atoms with Gasteiger partial charge in [-0.15, -0.1) is 0 Å². The maximum absolute atomic E-state index is 14.0. The zero-order valence-electron chi connectivity index (χ0n) is 12.8. The van der Waals surface area contributed by atoms with Crippen LogP contribution in [0.5, 0.6) is 0 Å². The Morgan fingerprint density at radius 1 is 1.20 bits per heavy atom. The molecule has 0 fully saturated rings. The average Bonchev–Trinajstić information content (AvgIpc) is 2.53. The van der Waals surface area contributed by atoms with Gasteiger partial charge in [0, 0.05) is 12.1 Å². The van der Waals surface area contributed by atoms with Crippen LogP contribution in [0.2, 0.25) is 0 Å². The highest BCUT2D eigenvalue weighted by Gasteiger charge is 2.35. The molecule has 0 amide bonds. The van der Waals surface area contributed by atoms with E-state index in [2.05, 4.69) is 4.98 Å². The number of alkyl halides is 3. The second-order valence-electron chi connectivity index (χ2n) is 5.23. The van der Waals surface area contributed by atoms with Crippen molar-refractivity contribution in [3.05, 3.63) is 62.6 Å². The van der Waals surface area contributed by atoms with Crippen LogP contribution in [0.3, 0.4) is 0 Å². The van der Waals surface area contributed by atoms with E-state index >= 15 is 0 Å². The van der Waals surface area contributed by atoms with Gasteiger partial charge >= 0.3 is 11.9 Å². The van der Waals surface area contributed by atoms with Crippen molar-refractivity contribution in [3.8, 4) is 11.3 Å². The Hall–Kier alpha value is -2.97. The molecule has 0 bridgehead atoms. The monoisotopic (exact) mass is 353 g/mol. The molecule has 2 aromatic heterocycles. The van der Waals surface area contributed by atoms with E-state index in [0.29, 0.717) is 6.07 Å². The fourth-order valence-electron chi connectivity index (χ4n) is 2.60. The molecule has 0 saturated heterocycles. The number of benzene rings is 1. The highest BCUT2D eigenvalue weighted by Crippen LogP contribution is 2.35. The summed E-state index contributed by atoms with van der Waals surface area (Å²) in [4.78, 5) is 29.7. The summed E-state index contributed by atoms with van der Waals surface area (Å²) in [6.07, 6.45) is -4.88. The normalized spacial score (nSPS) is 11.9. The van der Waals surface area contributed by atoms with E-state index in [-0.39, 0.29) is 17.8 Å². The van der Waals surface area contributed by atoms with Crippen molar-refractivity contribution in [1.82, 2.24) is 14.5 Å². The molecule has 3 aromatic rings. The molecule has 0 aliphatic heterocycles. The van der Waals surface area contributed by atoms with Crippen LogP contribution in [0.4, 0.5) is 17.6 Å². The minimum atomic E-state index is -4.88. The highest BCUT2D eigenvalue weighted by atomic mass is 19.4. The van der Waals surface area contributed by atoms with Gasteiger partial charge in [-0.2, -0.15) is 13.2 Å². The van der Waals surface area contributed by atoms with Crippen molar-refractivity contribution in [2.45, 2.75) is 19.6 Å². The van der Waals surface area contributed by atoms with E-state index in [1.807, 2.05) is 4.98 Å². The van der Waals surface area contributed by atoms with Gasteiger partial charge in [0.25, 0.3) is 5.56 Å². The lowest BCUT2D eigenvalue weighted by molar-refractivity contribution is -0.136. The number of hydrogen-bond donors (Lipinski definition) is 1. The molecule has 5 nitrogen and oxygen atoms in total. The Balaban J connectivity index is 2.54. The van der Waals surface area contributed by atoms with Crippen LogP contribution in [-0.2, 0) is 12.7 Å². The molecule has 0 aliphatic carbocycles. The number of H-pyrrole nitrogens is 1. The summed E-state index contributed by atoms with van der Waals surface area (Å²) in [6.45, 7) is 1.50. The predicted molar refractivity (Wildman–Crippen MR) is 82.7 cm³/mol. The third-order valence-corrected chi connectivity index (χ3v) is 3.72. The number of rotatable bonds is 2. The zero-order valence-corrected chi connectivity index (χ0v) is 12.8. The molecule has 130 valence electrons. The molecule has 0 radical (unpaired) electrons. The van der Waals surface area contributed by atoms with Gasteiger partial charge < -0.3 is 0 Å². The van der Waals surface area contributed by atoms with Gasteiger partial charge in [0.1, 0.15) is 5.82 Å². The molecular weight excluding hydrogens is 342 g/mol. The van der Waals surface area contributed by atoms with Crippen molar-refractivity contribution in [2.75, 3.05) is 0 Å². The third kappa shape index (κ3) is 2.81. The number of nitrogens with zero attached hydrogens (tertiary/aromatic N) is 2. The SMILES string of the molecule is CCn1c(=O)[nH]c(=O)c2c(C(F)(F)F)cc(-c3ccccc3F)nc21. The summed E-state index contributed by atoms with van der Waals surface area (Å²) >= 11 is 0. The molecule has 3 rings (SSSR count). The van der Waals surface area contributed by atoms with E-state index < -0.39 is 39.8 Å². The number of hydrogen-bond acceptors (Lipinski definition) is 3. The molecule has 25 heavy (non-hydrogen) atoms. The van der Waals surface area contributed by atoms with Crippen molar-refractivity contribution < 1.29 is 17.6 Å². The van der Waals surface area contributed by atoms with E-state index in [1.165, 1.54) is 25.1 Å². The lowest BCUT2D eigenvalue weighted by Gasteiger charge is -2.14. The summed E-state index contributed by atoms with van der Waals surface area (Å²) in [5.74, 6) is -0.766. The molecule has 0 spiro atoms. The van der Waals surface area contributed by atoms with Crippen molar-refractivity contribution >= 4 is 11.0 Å². The molecule has 9 heteroatoms. The summed E-state index contributed by atoms with van der Waals surface area (Å²) in [5.41, 5.74) is -4.27. The fourth-order valence-corrected chi connectivity index (χ4v) is 2.60. The number of nitrogens with one attached hydrogen (secondary N) is 1. The van der Waals surface area contributed by atoms with Gasteiger partial charge in [-0.05, 0) is 25.1 Å². The van der Waals surface area contributed by atoms with E-state index in [0.717, 1.165) is 10.6 Å². The predicted octanol–water partition coefficient (Wildman–Crippen LogP) is 2.93. The minimum absolute atomic E-state index is 0.0167. The number of fused-ring (bicyclic) bond motifs is 1. The molecule has 1 N–H and O–H groups in total. The summed E-state index contributed by atoms with van der Waals surface area (Å²) in [6, 6.07) is 5.80. The summed E-state index contributed by atoms with van der Waals surface area (Å²) in [7, 11) is 0. The maximum Gasteiger partial charge on any atom is 0.417 e. The van der Waals surface area contributed by atoms with Crippen LogP contribution in [0.25, 0.3) is 22.3 Å². The van der Waals surface area contributed by atoms with E-state index in [9.17, 15) is 27.2 Å². The minimum Gasteiger partial charge on any atom is -0.278 e. The summed E-state index contributed by atoms with van der Waals surface area (Å²) in [5, 5.41) is -0.756. The Labute approximate surface area is 137 Å². The quantitative estimate of drug-likeness (QED) is 0.721. The average molecular weight is 353 g/mol. The van der Waals surface area contributed by atoms with Crippen LogP contribution in [0.15, 0.2) is 39.9 Å². The van der Waals surface area contributed by atoms with Crippen molar-refractivity contribution in [2.24, 2.45) is 0 Å². The first-order valence-corrected chi connectivity index (χ1v) is 7.24. The molecule has 0 saturated carbocycles. The number of aromatic amines is 1. The Bertz CT molecular complexity index is 1080. The van der Waals surface area contributed by atoms with Crippen LogP contribution >= 0.6 is 0 Å². The number of aryl methyl sites for hydroxylation is 1. The van der Waals surface area contributed by atoms with Crippen molar-refractivity contribution in [3.63, 3.8) is 0 Å². The standard InChI is InChI=1S/C16H11F4N3O2/c1-2-23-13-12(14(24)22-15(23)25)9(16(18,19)20)7-11(21-13)8-5-3-4-6-10(8)17/h3-7H,2H2,1H3,(H,22,24,25). The largest absolute Gasteiger partial charge is 0.417 e. The highest BCUT2D eigenvalue weighted by molar-refractivity contribution is 5.82. The fraction of sp³-hybridized carbons (Fsp3) is 0.188. The Kier molecular flexibility index (Phi) is 3.94. The van der Waals surface area contributed by atoms with Gasteiger partial charge in [-0.25, -0.2) is 14.2 Å². The molecule has 1 aromatic carbocycles. The number of pyridine rings is 1. The van der Waals surface area contributed by atoms with Crippen LogP contribution in [0, 0.1) is 5.82 Å². The summed E-state index contributed by atoms with van der Waals surface area (Å²) < 4.78 is 55.3. The maximum atomic E-state index is 14.0. The van der Waals surface area contributed by atoms with E-state index in [4.69, 9.17) is 0 Å². The molecule has 0 atom stereocenters. The molecule has 0 unspecified atom stereocenters. The lowest BCUT2D eigenvalue weighted by atomic mass is 10.1. The van der Waals surface area contributed by atoms with Gasteiger partial charge in [-0.3, -0.25) is 14.3 Å². The Morgan fingerprint density at radius 2 is 1.88 bits per heavy atom. The number of aromatic nitrogens is 3. The van der Waals surface area contributed by atoms with Crippen LogP contribution in [-0.4, -0.2) is 14.5 Å².